The number of nitrogens with one attached hydrogen (secondary N) is 1. The van der Waals surface area contributed by atoms with Gasteiger partial charge in [-0.1, -0.05) is 6.07 Å². The molecule has 1 aromatic rings. The van der Waals surface area contributed by atoms with Crippen LogP contribution in [0.5, 0.6) is 0 Å². The van der Waals surface area contributed by atoms with Crippen molar-refractivity contribution in [2.45, 2.75) is 19.6 Å². The number of ether oxygens (including phenoxy) is 2. The standard InChI is InChI=1S/C15H24N4O2/c1-12-5-4-6-17-14(12)9-18-15(16-2)19-7-8-21-13(10-19)11-20-3/h4-6,13H,7-11H2,1-3H3,(H,16,18). The van der Waals surface area contributed by atoms with Crippen LogP contribution in [0.2, 0.25) is 0 Å². The number of pyridine rings is 1. The number of hydrogen-bond donors (Lipinski definition) is 1. The normalized spacial score (nSPS) is 19.7. The average Bonchev–Trinajstić information content (AvgIpc) is 2.50. The number of rotatable bonds is 4. The predicted molar refractivity (Wildman–Crippen MR) is 82.4 cm³/mol. The smallest absolute Gasteiger partial charge is 0.194 e. The number of aliphatic imine (C=N–C) groups is 1. The van der Waals surface area contributed by atoms with Crippen molar-refractivity contribution in [3.05, 3.63) is 29.6 Å². The fourth-order valence-corrected chi connectivity index (χ4v) is 2.40. The number of methoxy groups -OCH3 is 1. The Labute approximate surface area is 126 Å². The molecule has 0 aliphatic carbocycles. The molecule has 1 aromatic heterocycles. The van der Waals surface area contributed by atoms with Crippen molar-refractivity contribution >= 4 is 5.96 Å². The van der Waals surface area contributed by atoms with Crippen LogP contribution in [0.25, 0.3) is 0 Å². The molecule has 0 amide bonds. The number of nitrogens with zero attached hydrogens (tertiary/aromatic N) is 3. The Morgan fingerprint density at radius 1 is 1.62 bits per heavy atom. The number of aromatic nitrogens is 1. The van der Waals surface area contributed by atoms with Crippen LogP contribution in [0.3, 0.4) is 0 Å². The van der Waals surface area contributed by atoms with Gasteiger partial charge in [-0.3, -0.25) is 9.98 Å². The van der Waals surface area contributed by atoms with Gasteiger partial charge in [-0.25, -0.2) is 0 Å². The molecule has 2 rings (SSSR count). The molecule has 1 fully saturated rings. The Morgan fingerprint density at radius 2 is 2.48 bits per heavy atom. The van der Waals surface area contributed by atoms with Crippen LogP contribution in [0, 0.1) is 6.92 Å². The van der Waals surface area contributed by atoms with Crippen molar-refractivity contribution in [1.82, 2.24) is 15.2 Å². The first-order valence-corrected chi connectivity index (χ1v) is 7.21. The van der Waals surface area contributed by atoms with Crippen molar-refractivity contribution in [2.75, 3.05) is 40.5 Å². The van der Waals surface area contributed by atoms with Gasteiger partial charge in [0.2, 0.25) is 0 Å². The monoisotopic (exact) mass is 292 g/mol. The molecular weight excluding hydrogens is 268 g/mol. The minimum atomic E-state index is 0.0962. The molecule has 1 aliphatic rings. The number of aryl methyl sites for hydroxylation is 1. The van der Waals surface area contributed by atoms with Crippen molar-refractivity contribution in [3.8, 4) is 0 Å². The molecule has 2 heterocycles. The van der Waals surface area contributed by atoms with Crippen LogP contribution >= 0.6 is 0 Å². The molecule has 1 saturated heterocycles. The Bertz CT molecular complexity index is 476. The molecule has 1 N–H and O–H groups in total. The van der Waals surface area contributed by atoms with Gasteiger partial charge in [-0.2, -0.15) is 0 Å². The zero-order chi connectivity index (χ0) is 15.1. The maximum atomic E-state index is 5.66. The molecule has 21 heavy (non-hydrogen) atoms. The third-order valence-electron chi connectivity index (χ3n) is 3.53. The highest BCUT2D eigenvalue weighted by molar-refractivity contribution is 5.80. The lowest BCUT2D eigenvalue weighted by atomic mass is 10.2. The molecule has 0 spiro atoms. The van der Waals surface area contributed by atoms with E-state index in [1.807, 2.05) is 12.3 Å². The summed E-state index contributed by atoms with van der Waals surface area (Å²) in [5.41, 5.74) is 2.22. The first-order chi connectivity index (χ1) is 10.2. The highest BCUT2D eigenvalue weighted by atomic mass is 16.5. The second-order valence-corrected chi connectivity index (χ2v) is 5.06. The lowest BCUT2D eigenvalue weighted by molar-refractivity contribution is -0.0447. The molecule has 0 aromatic carbocycles. The van der Waals surface area contributed by atoms with Gasteiger partial charge in [0.1, 0.15) is 0 Å². The molecule has 6 heteroatoms. The fraction of sp³-hybridized carbons (Fsp3) is 0.600. The van der Waals surface area contributed by atoms with Gasteiger partial charge in [0, 0.05) is 33.4 Å². The number of hydrogen-bond acceptors (Lipinski definition) is 4. The largest absolute Gasteiger partial charge is 0.382 e. The SMILES string of the molecule is CN=C(NCc1ncccc1C)N1CCOC(COC)C1. The predicted octanol–water partition coefficient (Wildman–Crippen LogP) is 0.813. The highest BCUT2D eigenvalue weighted by Crippen LogP contribution is 2.07. The second-order valence-electron chi connectivity index (χ2n) is 5.06. The van der Waals surface area contributed by atoms with Crippen LogP contribution in [0.4, 0.5) is 0 Å². The summed E-state index contributed by atoms with van der Waals surface area (Å²) in [6, 6.07) is 4.01. The second kappa shape index (κ2) is 7.95. The van der Waals surface area contributed by atoms with Gasteiger partial charge in [0.05, 0.1) is 31.6 Å². The van der Waals surface area contributed by atoms with E-state index in [0.717, 1.165) is 24.7 Å². The van der Waals surface area contributed by atoms with Gasteiger partial charge >= 0.3 is 0 Å². The number of morpholine rings is 1. The van der Waals surface area contributed by atoms with Crippen LogP contribution in [0.15, 0.2) is 23.3 Å². The van der Waals surface area contributed by atoms with E-state index in [9.17, 15) is 0 Å². The first-order valence-electron chi connectivity index (χ1n) is 7.21. The summed E-state index contributed by atoms with van der Waals surface area (Å²) < 4.78 is 10.8. The molecule has 1 aliphatic heterocycles. The van der Waals surface area contributed by atoms with E-state index < -0.39 is 0 Å². The quantitative estimate of drug-likeness (QED) is 0.657. The maximum absolute atomic E-state index is 5.66. The summed E-state index contributed by atoms with van der Waals surface area (Å²) in [6.45, 7) is 5.65. The zero-order valence-corrected chi connectivity index (χ0v) is 13.0. The summed E-state index contributed by atoms with van der Waals surface area (Å²) >= 11 is 0. The van der Waals surface area contributed by atoms with Crippen molar-refractivity contribution < 1.29 is 9.47 Å². The van der Waals surface area contributed by atoms with Crippen molar-refractivity contribution in [1.29, 1.82) is 0 Å². The van der Waals surface area contributed by atoms with E-state index in [-0.39, 0.29) is 6.10 Å². The molecule has 0 bridgehead atoms. The van der Waals surface area contributed by atoms with E-state index in [4.69, 9.17) is 9.47 Å². The zero-order valence-electron chi connectivity index (χ0n) is 13.0. The Hall–Kier alpha value is -1.66. The highest BCUT2D eigenvalue weighted by Gasteiger charge is 2.22. The minimum absolute atomic E-state index is 0.0962. The summed E-state index contributed by atoms with van der Waals surface area (Å²) in [7, 11) is 3.49. The Morgan fingerprint density at radius 3 is 3.19 bits per heavy atom. The molecular formula is C15H24N4O2. The van der Waals surface area contributed by atoms with Crippen LogP contribution < -0.4 is 5.32 Å². The van der Waals surface area contributed by atoms with Gasteiger partial charge in [0.25, 0.3) is 0 Å². The summed E-state index contributed by atoms with van der Waals surface area (Å²) in [5.74, 6) is 0.879. The van der Waals surface area contributed by atoms with E-state index in [1.165, 1.54) is 5.56 Å². The molecule has 1 atom stereocenters. The van der Waals surface area contributed by atoms with Crippen molar-refractivity contribution in [3.63, 3.8) is 0 Å². The van der Waals surface area contributed by atoms with Gasteiger partial charge in [-0.15, -0.1) is 0 Å². The average molecular weight is 292 g/mol. The van der Waals surface area contributed by atoms with Crippen molar-refractivity contribution in [2.24, 2.45) is 4.99 Å². The Kier molecular flexibility index (Phi) is 5.95. The third-order valence-corrected chi connectivity index (χ3v) is 3.53. The fourth-order valence-electron chi connectivity index (χ4n) is 2.40. The lowest BCUT2D eigenvalue weighted by Crippen LogP contribution is -2.51. The molecule has 0 radical (unpaired) electrons. The summed E-state index contributed by atoms with van der Waals surface area (Å²) in [5, 5.41) is 3.38. The van der Waals surface area contributed by atoms with E-state index in [2.05, 4.69) is 33.2 Å². The van der Waals surface area contributed by atoms with Crippen LogP contribution in [-0.4, -0.2) is 62.4 Å². The number of guanidine groups is 1. The van der Waals surface area contributed by atoms with Gasteiger partial charge < -0.3 is 19.7 Å². The topological polar surface area (TPSA) is 59.0 Å². The molecule has 6 nitrogen and oxygen atoms in total. The van der Waals surface area contributed by atoms with E-state index in [0.29, 0.717) is 19.8 Å². The van der Waals surface area contributed by atoms with Gasteiger partial charge in [0.15, 0.2) is 5.96 Å². The molecule has 0 saturated carbocycles. The Balaban J connectivity index is 1.92. The lowest BCUT2D eigenvalue weighted by Gasteiger charge is -2.34. The minimum Gasteiger partial charge on any atom is -0.382 e. The van der Waals surface area contributed by atoms with E-state index >= 15 is 0 Å². The van der Waals surface area contributed by atoms with Crippen LogP contribution in [-0.2, 0) is 16.0 Å². The summed E-state index contributed by atoms with van der Waals surface area (Å²) in [4.78, 5) is 11.0. The maximum Gasteiger partial charge on any atom is 0.194 e. The summed E-state index contributed by atoms with van der Waals surface area (Å²) in [6.07, 6.45) is 1.91. The van der Waals surface area contributed by atoms with Gasteiger partial charge in [-0.05, 0) is 18.6 Å². The molecule has 1 unspecified atom stereocenters. The molecule has 116 valence electrons. The van der Waals surface area contributed by atoms with Crippen LogP contribution in [0.1, 0.15) is 11.3 Å². The first kappa shape index (κ1) is 15.7. The third kappa shape index (κ3) is 4.41. The van der Waals surface area contributed by atoms with E-state index in [1.54, 1.807) is 14.2 Å².